The van der Waals surface area contributed by atoms with Gasteiger partial charge in [0.25, 0.3) is 0 Å². The standard InChI is InChI=1S/C23H30N2O3/c1-17-8-4-5-9-19(17)20(25-12-6-7-13-25)16-24-23(26)15-18-10-11-21(27-2)22(14-18)28-3/h4-5,8-11,14,20H,6-7,12-13,15-16H2,1-3H3,(H,24,26). The van der Waals surface area contributed by atoms with Crippen LogP contribution in [0.15, 0.2) is 42.5 Å². The predicted octanol–water partition coefficient (Wildman–Crippen LogP) is 3.51. The van der Waals surface area contributed by atoms with Crippen LogP contribution in [0.4, 0.5) is 0 Å². The number of rotatable bonds is 8. The number of benzene rings is 2. The van der Waals surface area contributed by atoms with Gasteiger partial charge in [0.15, 0.2) is 11.5 Å². The molecule has 1 amide bonds. The van der Waals surface area contributed by atoms with E-state index in [9.17, 15) is 4.79 Å². The molecule has 1 heterocycles. The summed E-state index contributed by atoms with van der Waals surface area (Å²) >= 11 is 0. The second-order valence-corrected chi connectivity index (χ2v) is 7.29. The molecule has 1 fully saturated rings. The van der Waals surface area contributed by atoms with Gasteiger partial charge in [-0.05, 0) is 61.7 Å². The Morgan fingerprint density at radius 3 is 2.46 bits per heavy atom. The highest BCUT2D eigenvalue weighted by Crippen LogP contribution is 2.28. The molecule has 1 unspecified atom stereocenters. The summed E-state index contributed by atoms with van der Waals surface area (Å²) in [5, 5.41) is 3.15. The van der Waals surface area contributed by atoms with Gasteiger partial charge in [0.05, 0.1) is 26.7 Å². The van der Waals surface area contributed by atoms with Crippen LogP contribution in [0.2, 0.25) is 0 Å². The fourth-order valence-electron chi connectivity index (χ4n) is 3.90. The van der Waals surface area contributed by atoms with Gasteiger partial charge in [0, 0.05) is 6.54 Å². The highest BCUT2D eigenvalue weighted by molar-refractivity contribution is 5.78. The maximum atomic E-state index is 12.6. The van der Waals surface area contributed by atoms with Crippen molar-refractivity contribution in [2.75, 3.05) is 33.9 Å². The summed E-state index contributed by atoms with van der Waals surface area (Å²) in [6.07, 6.45) is 2.77. The maximum Gasteiger partial charge on any atom is 0.224 e. The van der Waals surface area contributed by atoms with Gasteiger partial charge in [-0.2, -0.15) is 0 Å². The van der Waals surface area contributed by atoms with Gasteiger partial charge in [0.1, 0.15) is 0 Å². The molecular weight excluding hydrogens is 352 g/mol. The molecule has 2 aromatic rings. The Morgan fingerprint density at radius 1 is 1.07 bits per heavy atom. The third-order valence-corrected chi connectivity index (χ3v) is 5.43. The summed E-state index contributed by atoms with van der Waals surface area (Å²) in [6, 6.07) is 14.3. The van der Waals surface area contributed by atoms with E-state index in [1.807, 2.05) is 18.2 Å². The molecule has 0 aliphatic carbocycles. The van der Waals surface area contributed by atoms with Gasteiger partial charge in [-0.15, -0.1) is 0 Å². The van der Waals surface area contributed by atoms with Crippen molar-refractivity contribution >= 4 is 5.91 Å². The summed E-state index contributed by atoms with van der Waals surface area (Å²) in [7, 11) is 3.21. The molecule has 1 aliphatic heterocycles. The van der Waals surface area contributed by atoms with Crippen LogP contribution in [0.3, 0.4) is 0 Å². The molecule has 2 aromatic carbocycles. The lowest BCUT2D eigenvalue weighted by Gasteiger charge is -2.29. The van der Waals surface area contributed by atoms with E-state index in [1.165, 1.54) is 24.0 Å². The normalized spacial score (nSPS) is 15.2. The smallest absolute Gasteiger partial charge is 0.224 e. The monoisotopic (exact) mass is 382 g/mol. The third kappa shape index (κ3) is 4.84. The van der Waals surface area contributed by atoms with E-state index in [0.29, 0.717) is 24.5 Å². The topological polar surface area (TPSA) is 50.8 Å². The maximum absolute atomic E-state index is 12.6. The molecule has 28 heavy (non-hydrogen) atoms. The van der Waals surface area contributed by atoms with Gasteiger partial charge < -0.3 is 14.8 Å². The molecular formula is C23H30N2O3. The van der Waals surface area contributed by atoms with Gasteiger partial charge >= 0.3 is 0 Å². The number of methoxy groups -OCH3 is 2. The van der Waals surface area contributed by atoms with E-state index in [1.54, 1.807) is 14.2 Å². The zero-order chi connectivity index (χ0) is 19.9. The Bertz CT molecular complexity index is 800. The van der Waals surface area contributed by atoms with Crippen molar-refractivity contribution in [1.29, 1.82) is 0 Å². The molecule has 1 aliphatic rings. The zero-order valence-electron chi connectivity index (χ0n) is 17.0. The summed E-state index contributed by atoms with van der Waals surface area (Å²) in [5.41, 5.74) is 3.48. The Kier molecular flexibility index (Phi) is 6.93. The van der Waals surface area contributed by atoms with E-state index >= 15 is 0 Å². The number of hydrogen-bond acceptors (Lipinski definition) is 4. The number of amides is 1. The van der Waals surface area contributed by atoms with Crippen molar-refractivity contribution in [2.45, 2.75) is 32.2 Å². The van der Waals surface area contributed by atoms with E-state index < -0.39 is 0 Å². The first-order valence-electron chi connectivity index (χ1n) is 9.89. The quantitative estimate of drug-likeness (QED) is 0.759. The number of carbonyl (C=O) groups is 1. The second-order valence-electron chi connectivity index (χ2n) is 7.29. The number of likely N-dealkylation sites (tertiary alicyclic amines) is 1. The molecule has 3 rings (SSSR count). The van der Waals surface area contributed by atoms with Gasteiger partial charge in [0.2, 0.25) is 5.91 Å². The summed E-state index contributed by atoms with van der Waals surface area (Å²) in [6.45, 7) is 4.94. The van der Waals surface area contributed by atoms with Crippen molar-refractivity contribution in [3.05, 3.63) is 59.2 Å². The van der Waals surface area contributed by atoms with Crippen LogP contribution < -0.4 is 14.8 Å². The lowest BCUT2D eigenvalue weighted by atomic mass is 10.00. The molecule has 150 valence electrons. The lowest BCUT2D eigenvalue weighted by Crippen LogP contribution is -2.37. The Labute approximate surface area is 167 Å². The number of ether oxygens (including phenoxy) is 2. The van der Waals surface area contributed by atoms with Crippen LogP contribution in [-0.2, 0) is 11.2 Å². The number of hydrogen-bond donors (Lipinski definition) is 1. The highest BCUT2D eigenvalue weighted by Gasteiger charge is 2.25. The molecule has 1 atom stereocenters. The van der Waals surface area contributed by atoms with Crippen molar-refractivity contribution < 1.29 is 14.3 Å². The van der Waals surface area contributed by atoms with E-state index in [4.69, 9.17) is 9.47 Å². The summed E-state index contributed by atoms with van der Waals surface area (Å²) in [4.78, 5) is 15.1. The van der Waals surface area contributed by atoms with Crippen LogP contribution in [-0.4, -0.2) is 44.7 Å². The molecule has 0 saturated carbocycles. The van der Waals surface area contributed by atoms with Crippen LogP contribution in [0.5, 0.6) is 11.5 Å². The minimum Gasteiger partial charge on any atom is -0.493 e. The summed E-state index contributed by atoms with van der Waals surface area (Å²) in [5.74, 6) is 1.33. The first kappa shape index (κ1) is 20.2. The van der Waals surface area contributed by atoms with E-state index in [0.717, 1.165) is 18.7 Å². The SMILES string of the molecule is COc1ccc(CC(=O)NCC(c2ccccc2C)N2CCCC2)cc1OC. The van der Waals surface area contributed by atoms with E-state index in [2.05, 4.69) is 41.4 Å². The summed E-state index contributed by atoms with van der Waals surface area (Å²) < 4.78 is 10.6. The molecule has 0 radical (unpaired) electrons. The zero-order valence-corrected chi connectivity index (χ0v) is 17.0. The average Bonchev–Trinajstić information content (AvgIpc) is 3.24. The molecule has 1 saturated heterocycles. The van der Waals surface area contributed by atoms with Crippen molar-refractivity contribution in [3.63, 3.8) is 0 Å². The Morgan fingerprint density at radius 2 is 1.79 bits per heavy atom. The van der Waals surface area contributed by atoms with E-state index in [-0.39, 0.29) is 11.9 Å². The average molecular weight is 383 g/mol. The van der Waals surface area contributed by atoms with Crippen LogP contribution in [0.1, 0.15) is 35.6 Å². The number of nitrogens with zero attached hydrogens (tertiary/aromatic N) is 1. The first-order chi connectivity index (χ1) is 13.6. The fourth-order valence-corrected chi connectivity index (χ4v) is 3.90. The molecule has 5 heteroatoms. The second kappa shape index (κ2) is 9.60. The minimum atomic E-state index is 0.0185. The van der Waals surface area contributed by atoms with Crippen LogP contribution in [0.25, 0.3) is 0 Å². The van der Waals surface area contributed by atoms with Crippen LogP contribution in [0, 0.1) is 6.92 Å². The van der Waals surface area contributed by atoms with Gasteiger partial charge in [-0.3, -0.25) is 9.69 Å². The first-order valence-corrected chi connectivity index (χ1v) is 9.89. The molecule has 0 aromatic heterocycles. The largest absolute Gasteiger partial charge is 0.493 e. The van der Waals surface area contributed by atoms with Crippen molar-refractivity contribution in [2.24, 2.45) is 0 Å². The molecule has 5 nitrogen and oxygen atoms in total. The number of carbonyl (C=O) groups excluding carboxylic acids is 1. The Balaban J connectivity index is 1.66. The Hall–Kier alpha value is -2.53. The minimum absolute atomic E-state index is 0.0185. The van der Waals surface area contributed by atoms with Gasteiger partial charge in [-0.25, -0.2) is 0 Å². The fraction of sp³-hybridized carbons (Fsp3) is 0.435. The van der Waals surface area contributed by atoms with Crippen LogP contribution >= 0.6 is 0 Å². The molecule has 0 bridgehead atoms. The lowest BCUT2D eigenvalue weighted by molar-refractivity contribution is -0.120. The van der Waals surface area contributed by atoms with Crippen molar-refractivity contribution in [1.82, 2.24) is 10.2 Å². The number of aryl methyl sites for hydroxylation is 1. The predicted molar refractivity (Wildman–Crippen MR) is 111 cm³/mol. The third-order valence-electron chi connectivity index (χ3n) is 5.43. The van der Waals surface area contributed by atoms with Gasteiger partial charge in [-0.1, -0.05) is 30.3 Å². The highest BCUT2D eigenvalue weighted by atomic mass is 16.5. The number of nitrogens with one attached hydrogen (secondary N) is 1. The molecule has 1 N–H and O–H groups in total. The van der Waals surface area contributed by atoms with Crippen molar-refractivity contribution in [3.8, 4) is 11.5 Å². The molecule has 0 spiro atoms.